The van der Waals surface area contributed by atoms with Crippen molar-refractivity contribution in [1.82, 2.24) is 9.80 Å². The maximum Gasteiger partial charge on any atom is 0.261 e. The predicted octanol–water partition coefficient (Wildman–Crippen LogP) is 3.41. The monoisotopic (exact) mass is 393 g/mol. The second-order valence-corrected chi connectivity index (χ2v) is 7.23. The Bertz CT molecular complexity index is 847. The number of nitrogens with zero attached hydrogens (tertiary/aromatic N) is 2. The molecule has 0 bridgehead atoms. The van der Waals surface area contributed by atoms with Gasteiger partial charge in [-0.1, -0.05) is 37.3 Å². The Morgan fingerprint density at radius 3 is 2.14 bits per heavy atom. The third-order valence-electron chi connectivity index (χ3n) is 5.18. The minimum Gasteiger partial charge on any atom is -0.325 e. The van der Waals surface area contributed by atoms with Gasteiger partial charge in [0.15, 0.2) is 0 Å². The van der Waals surface area contributed by atoms with E-state index in [0.29, 0.717) is 30.6 Å². The molecule has 3 rings (SSSR count). The summed E-state index contributed by atoms with van der Waals surface area (Å²) in [6, 6.07) is 16.0. The van der Waals surface area contributed by atoms with Gasteiger partial charge in [-0.2, -0.15) is 0 Å². The summed E-state index contributed by atoms with van der Waals surface area (Å²) in [5.74, 6) is -0.532. The first-order chi connectivity index (χ1) is 14.0. The number of hydrogen-bond acceptors (Lipinski definition) is 4. The van der Waals surface area contributed by atoms with Gasteiger partial charge in [0.2, 0.25) is 5.91 Å². The zero-order valence-corrected chi connectivity index (χ0v) is 16.9. The number of carbonyl (C=O) groups excluding carboxylic acids is 3. The fourth-order valence-electron chi connectivity index (χ4n) is 3.59. The smallest absolute Gasteiger partial charge is 0.261 e. The van der Waals surface area contributed by atoms with E-state index < -0.39 is 0 Å². The summed E-state index contributed by atoms with van der Waals surface area (Å²) in [6.45, 7) is 5.70. The Hall–Kier alpha value is -2.99. The third-order valence-corrected chi connectivity index (χ3v) is 5.18. The first-order valence-electron chi connectivity index (χ1n) is 10.1. The van der Waals surface area contributed by atoms with Crippen LogP contribution in [0.1, 0.15) is 47.4 Å². The van der Waals surface area contributed by atoms with E-state index in [1.165, 1.54) is 4.90 Å². The van der Waals surface area contributed by atoms with Gasteiger partial charge in [0, 0.05) is 18.8 Å². The van der Waals surface area contributed by atoms with Gasteiger partial charge in [-0.25, -0.2) is 0 Å². The van der Waals surface area contributed by atoms with Gasteiger partial charge in [-0.05, 0) is 50.6 Å². The van der Waals surface area contributed by atoms with E-state index in [2.05, 4.69) is 17.1 Å². The second kappa shape index (κ2) is 9.47. The number of amides is 3. The zero-order chi connectivity index (χ0) is 20.8. The number of benzene rings is 2. The van der Waals surface area contributed by atoms with Gasteiger partial charge in [0.25, 0.3) is 11.8 Å². The molecule has 0 aliphatic carbocycles. The minimum atomic E-state index is -0.308. The Morgan fingerprint density at radius 2 is 1.55 bits per heavy atom. The highest BCUT2D eigenvalue weighted by atomic mass is 16.2. The minimum absolute atomic E-state index is 0.0645. The summed E-state index contributed by atoms with van der Waals surface area (Å²) in [6.07, 6.45) is 1.53. The molecule has 2 aromatic carbocycles. The standard InChI is InChI=1S/C23H27N3O3/c1-3-14-25(17(2)21(27)24-18-10-5-4-6-11-18)15-9-16-26-22(28)19-12-7-8-13-20(19)23(26)29/h4-8,10-13,17H,3,9,14-16H2,1-2H3,(H,24,27). The molecule has 29 heavy (non-hydrogen) atoms. The molecule has 0 aromatic heterocycles. The molecule has 1 N–H and O–H groups in total. The molecule has 3 amide bonds. The molecule has 1 unspecified atom stereocenters. The number of nitrogens with one attached hydrogen (secondary N) is 1. The Labute approximate surface area is 171 Å². The molecular weight excluding hydrogens is 366 g/mol. The molecule has 1 heterocycles. The lowest BCUT2D eigenvalue weighted by molar-refractivity contribution is -0.120. The van der Waals surface area contributed by atoms with Crippen molar-refractivity contribution in [3.05, 3.63) is 65.7 Å². The average Bonchev–Trinajstić information content (AvgIpc) is 2.98. The van der Waals surface area contributed by atoms with Crippen LogP contribution in [0.4, 0.5) is 5.69 Å². The third kappa shape index (κ3) is 4.71. The van der Waals surface area contributed by atoms with E-state index in [1.54, 1.807) is 24.3 Å². The van der Waals surface area contributed by atoms with Gasteiger partial charge < -0.3 is 5.32 Å². The fraction of sp³-hybridized carbons (Fsp3) is 0.348. The van der Waals surface area contributed by atoms with Crippen LogP contribution < -0.4 is 5.32 Å². The van der Waals surface area contributed by atoms with Crippen molar-refractivity contribution in [1.29, 1.82) is 0 Å². The number of anilines is 1. The normalized spacial score (nSPS) is 14.2. The van der Waals surface area contributed by atoms with Crippen LogP contribution in [0.2, 0.25) is 0 Å². The largest absolute Gasteiger partial charge is 0.325 e. The summed E-state index contributed by atoms with van der Waals surface area (Å²) >= 11 is 0. The highest BCUT2D eigenvalue weighted by molar-refractivity contribution is 6.21. The molecule has 0 saturated carbocycles. The summed E-state index contributed by atoms with van der Waals surface area (Å²) in [5.41, 5.74) is 1.71. The first-order valence-corrected chi connectivity index (χ1v) is 10.1. The van der Waals surface area contributed by atoms with Crippen LogP contribution in [0, 0.1) is 0 Å². The molecule has 0 fully saturated rings. The number of fused-ring (bicyclic) bond motifs is 1. The molecule has 1 atom stereocenters. The van der Waals surface area contributed by atoms with E-state index in [1.807, 2.05) is 37.3 Å². The topological polar surface area (TPSA) is 69.7 Å². The van der Waals surface area contributed by atoms with E-state index in [4.69, 9.17) is 0 Å². The molecule has 2 aromatic rings. The van der Waals surface area contributed by atoms with E-state index in [9.17, 15) is 14.4 Å². The fourth-order valence-corrected chi connectivity index (χ4v) is 3.59. The predicted molar refractivity (Wildman–Crippen MR) is 113 cm³/mol. The lowest BCUT2D eigenvalue weighted by atomic mass is 10.1. The number of hydrogen-bond donors (Lipinski definition) is 1. The molecule has 0 radical (unpaired) electrons. The van der Waals surface area contributed by atoms with Crippen LogP contribution >= 0.6 is 0 Å². The summed E-state index contributed by atoms with van der Waals surface area (Å²) < 4.78 is 0. The molecule has 0 spiro atoms. The summed E-state index contributed by atoms with van der Waals surface area (Å²) in [5, 5.41) is 2.94. The molecule has 6 heteroatoms. The second-order valence-electron chi connectivity index (χ2n) is 7.23. The van der Waals surface area contributed by atoms with Crippen molar-refractivity contribution < 1.29 is 14.4 Å². The van der Waals surface area contributed by atoms with Crippen LogP contribution in [0.3, 0.4) is 0 Å². The highest BCUT2D eigenvalue weighted by Gasteiger charge is 2.34. The van der Waals surface area contributed by atoms with E-state index >= 15 is 0 Å². The molecule has 152 valence electrons. The SMILES string of the molecule is CCCN(CCCN1C(=O)c2ccccc2C1=O)C(C)C(=O)Nc1ccccc1. The van der Waals surface area contributed by atoms with Crippen LogP contribution in [0.25, 0.3) is 0 Å². The number of para-hydroxylation sites is 1. The molecule has 0 saturated heterocycles. The van der Waals surface area contributed by atoms with Gasteiger partial charge in [0.1, 0.15) is 0 Å². The summed E-state index contributed by atoms with van der Waals surface area (Å²) in [4.78, 5) is 41.0. The number of rotatable bonds is 9. The Kier molecular flexibility index (Phi) is 6.77. The van der Waals surface area contributed by atoms with Crippen molar-refractivity contribution in [3.63, 3.8) is 0 Å². The number of imide groups is 1. The van der Waals surface area contributed by atoms with Crippen molar-refractivity contribution in [3.8, 4) is 0 Å². The van der Waals surface area contributed by atoms with Crippen molar-refractivity contribution in [2.75, 3.05) is 25.0 Å². The van der Waals surface area contributed by atoms with Crippen LogP contribution in [0.15, 0.2) is 54.6 Å². The Balaban J connectivity index is 1.56. The zero-order valence-electron chi connectivity index (χ0n) is 16.9. The quantitative estimate of drug-likeness (QED) is 0.663. The lowest BCUT2D eigenvalue weighted by Crippen LogP contribution is -2.44. The maximum atomic E-state index is 12.6. The van der Waals surface area contributed by atoms with Gasteiger partial charge >= 0.3 is 0 Å². The van der Waals surface area contributed by atoms with Crippen molar-refractivity contribution in [2.45, 2.75) is 32.7 Å². The van der Waals surface area contributed by atoms with Crippen LogP contribution in [-0.4, -0.2) is 53.2 Å². The lowest BCUT2D eigenvalue weighted by Gasteiger charge is -2.28. The highest BCUT2D eigenvalue weighted by Crippen LogP contribution is 2.22. The Morgan fingerprint density at radius 1 is 0.966 bits per heavy atom. The molecular formula is C23H27N3O3. The molecule has 6 nitrogen and oxygen atoms in total. The van der Waals surface area contributed by atoms with Crippen molar-refractivity contribution >= 4 is 23.4 Å². The van der Waals surface area contributed by atoms with Gasteiger partial charge in [-0.15, -0.1) is 0 Å². The summed E-state index contributed by atoms with van der Waals surface area (Å²) in [7, 11) is 0. The maximum absolute atomic E-state index is 12.6. The van der Waals surface area contributed by atoms with Gasteiger partial charge in [0.05, 0.1) is 17.2 Å². The van der Waals surface area contributed by atoms with Gasteiger partial charge in [-0.3, -0.25) is 24.2 Å². The van der Waals surface area contributed by atoms with Crippen molar-refractivity contribution in [2.24, 2.45) is 0 Å². The van der Waals surface area contributed by atoms with E-state index in [-0.39, 0.29) is 23.8 Å². The molecule has 1 aliphatic heterocycles. The number of carbonyl (C=O) groups is 3. The van der Waals surface area contributed by atoms with Crippen LogP contribution in [-0.2, 0) is 4.79 Å². The average molecular weight is 393 g/mol. The first kappa shape index (κ1) is 20.7. The van der Waals surface area contributed by atoms with Crippen LogP contribution in [0.5, 0.6) is 0 Å². The van der Waals surface area contributed by atoms with E-state index in [0.717, 1.165) is 18.7 Å². The molecule has 1 aliphatic rings.